The number of aromatic nitrogens is 1. The monoisotopic (exact) mass is 268 g/mol. The number of thiazole rings is 1. The van der Waals surface area contributed by atoms with Crippen LogP contribution in [0.3, 0.4) is 0 Å². The predicted octanol–water partition coefficient (Wildman–Crippen LogP) is 3.89. The third-order valence-corrected chi connectivity index (χ3v) is 4.23. The molecule has 3 aromatic rings. The topological polar surface area (TPSA) is 24.9 Å². The molecule has 96 valence electrons. The van der Waals surface area contributed by atoms with Crippen LogP contribution in [-0.2, 0) is 13.1 Å². The Kier molecular flexibility index (Phi) is 3.58. The van der Waals surface area contributed by atoms with E-state index in [4.69, 9.17) is 0 Å². The molecule has 0 unspecified atom stereocenters. The Morgan fingerprint density at radius 3 is 2.63 bits per heavy atom. The van der Waals surface area contributed by atoms with Crippen molar-refractivity contribution in [2.75, 3.05) is 0 Å². The summed E-state index contributed by atoms with van der Waals surface area (Å²) in [6.07, 6.45) is 0. The molecule has 0 atom stereocenters. The van der Waals surface area contributed by atoms with Crippen molar-refractivity contribution < 1.29 is 0 Å². The molecule has 2 nitrogen and oxygen atoms in total. The highest BCUT2D eigenvalue weighted by atomic mass is 32.1. The summed E-state index contributed by atoms with van der Waals surface area (Å²) in [5, 5.41) is 4.62. The van der Waals surface area contributed by atoms with E-state index in [1.165, 1.54) is 15.8 Å². The average Bonchev–Trinajstić information content (AvgIpc) is 2.83. The summed E-state index contributed by atoms with van der Waals surface area (Å²) in [5.74, 6) is 0. The number of aryl methyl sites for hydroxylation is 1. The first-order chi connectivity index (χ1) is 9.33. The van der Waals surface area contributed by atoms with Gasteiger partial charge in [0.25, 0.3) is 0 Å². The maximum Gasteiger partial charge on any atom is 0.108 e. The first kappa shape index (κ1) is 12.3. The van der Waals surface area contributed by atoms with Gasteiger partial charge in [0.15, 0.2) is 0 Å². The third-order valence-electron chi connectivity index (χ3n) is 3.19. The molecule has 0 amide bonds. The quantitative estimate of drug-likeness (QED) is 0.776. The zero-order valence-corrected chi connectivity index (χ0v) is 11.7. The molecule has 0 saturated carbocycles. The van der Waals surface area contributed by atoms with Crippen LogP contribution in [-0.4, -0.2) is 4.98 Å². The van der Waals surface area contributed by atoms with E-state index in [-0.39, 0.29) is 0 Å². The van der Waals surface area contributed by atoms with E-state index in [1.807, 2.05) is 6.07 Å². The predicted molar refractivity (Wildman–Crippen MR) is 81.3 cm³/mol. The van der Waals surface area contributed by atoms with Crippen LogP contribution < -0.4 is 5.32 Å². The standard InChI is InChI=1S/C16H16N2S/c1-12-6-2-3-7-13(12)10-17-11-16-18-14-8-4-5-9-15(14)19-16/h2-9,17H,10-11H2,1H3. The van der Waals surface area contributed by atoms with Crippen LogP contribution in [0.15, 0.2) is 48.5 Å². The summed E-state index contributed by atoms with van der Waals surface area (Å²) in [5.41, 5.74) is 3.78. The van der Waals surface area contributed by atoms with Gasteiger partial charge in [-0.25, -0.2) is 4.98 Å². The Balaban J connectivity index is 1.65. The Bertz CT molecular complexity index is 655. The van der Waals surface area contributed by atoms with Gasteiger partial charge in [0.1, 0.15) is 5.01 Å². The van der Waals surface area contributed by atoms with Crippen LogP contribution in [0.4, 0.5) is 0 Å². The number of hydrogen-bond acceptors (Lipinski definition) is 3. The number of nitrogens with zero attached hydrogens (tertiary/aromatic N) is 1. The molecule has 0 aliphatic carbocycles. The second-order valence-corrected chi connectivity index (χ2v) is 5.72. The zero-order chi connectivity index (χ0) is 13.1. The van der Waals surface area contributed by atoms with Crippen LogP contribution in [0.25, 0.3) is 10.2 Å². The van der Waals surface area contributed by atoms with Gasteiger partial charge >= 0.3 is 0 Å². The van der Waals surface area contributed by atoms with E-state index in [1.54, 1.807) is 11.3 Å². The normalized spacial score (nSPS) is 11.0. The lowest BCUT2D eigenvalue weighted by molar-refractivity contribution is 0.688. The molecule has 0 fully saturated rings. The summed E-state index contributed by atoms with van der Waals surface area (Å²) in [6, 6.07) is 16.8. The third kappa shape index (κ3) is 2.83. The number of fused-ring (bicyclic) bond motifs is 1. The highest BCUT2D eigenvalue weighted by Crippen LogP contribution is 2.21. The van der Waals surface area contributed by atoms with E-state index < -0.39 is 0 Å². The van der Waals surface area contributed by atoms with E-state index >= 15 is 0 Å². The molecule has 1 heterocycles. The summed E-state index contributed by atoms with van der Waals surface area (Å²) >= 11 is 1.76. The molecule has 0 radical (unpaired) electrons. The van der Waals surface area contributed by atoms with Crippen molar-refractivity contribution in [2.24, 2.45) is 0 Å². The fraction of sp³-hybridized carbons (Fsp3) is 0.188. The maximum atomic E-state index is 4.62. The van der Waals surface area contributed by atoms with Crippen LogP contribution >= 0.6 is 11.3 Å². The van der Waals surface area contributed by atoms with Crippen molar-refractivity contribution in [1.29, 1.82) is 0 Å². The van der Waals surface area contributed by atoms with E-state index in [0.29, 0.717) is 0 Å². The smallest absolute Gasteiger partial charge is 0.108 e. The van der Waals surface area contributed by atoms with Crippen molar-refractivity contribution in [1.82, 2.24) is 10.3 Å². The average molecular weight is 268 g/mol. The van der Waals surface area contributed by atoms with Gasteiger partial charge in [-0.2, -0.15) is 0 Å². The molecule has 3 rings (SSSR count). The minimum absolute atomic E-state index is 0.827. The molecule has 0 saturated heterocycles. The van der Waals surface area contributed by atoms with Gasteiger partial charge in [-0.05, 0) is 30.2 Å². The summed E-state index contributed by atoms with van der Waals surface area (Å²) < 4.78 is 1.26. The lowest BCUT2D eigenvalue weighted by Crippen LogP contribution is -2.13. The fourth-order valence-electron chi connectivity index (χ4n) is 2.11. The summed E-state index contributed by atoms with van der Waals surface area (Å²) in [6.45, 7) is 3.87. The molecule has 3 heteroatoms. The van der Waals surface area contributed by atoms with Crippen molar-refractivity contribution in [3.63, 3.8) is 0 Å². The van der Waals surface area contributed by atoms with Gasteiger partial charge in [-0.3, -0.25) is 0 Å². The Morgan fingerprint density at radius 2 is 1.79 bits per heavy atom. The van der Waals surface area contributed by atoms with Crippen molar-refractivity contribution in [2.45, 2.75) is 20.0 Å². The van der Waals surface area contributed by atoms with E-state index in [0.717, 1.165) is 23.6 Å². The molecular formula is C16H16N2S. The van der Waals surface area contributed by atoms with Crippen molar-refractivity contribution >= 4 is 21.6 Å². The van der Waals surface area contributed by atoms with Gasteiger partial charge in [-0.1, -0.05) is 36.4 Å². The van der Waals surface area contributed by atoms with Crippen molar-refractivity contribution in [3.05, 3.63) is 64.7 Å². The molecule has 2 aromatic carbocycles. The van der Waals surface area contributed by atoms with Gasteiger partial charge < -0.3 is 5.32 Å². The lowest BCUT2D eigenvalue weighted by atomic mass is 10.1. The van der Waals surface area contributed by atoms with E-state index in [9.17, 15) is 0 Å². The van der Waals surface area contributed by atoms with Gasteiger partial charge in [-0.15, -0.1) is 11.3 Å². The van der Waals surface area contributed by atoms with Gasteiger partial charge in [0.05, 0.1) is 10.2 Å². The zero-order valence-electron chi connectivity index (χ0n) is 10.9. The number of para-hydroxylation sites is 1. The molecule has 19 heavy (non-hydrogen) atoms. The second-order valence-electron chi connectivity index (χ2n) is 4.61. The Morgan fingerprint density at radius 1 is 1.00 bits per heavy atom. The molecule has 0 spiro atoms. The number of rotatable bonds is 4. The highest BCUT2D eigenvalue weighted by Gasteiger charge is 2.03. The van der Waals surface area contributed by atoms with Crippen LogP contribution in [0, 0.1) is 6.92 Å². The largest absolute Gasteiger partial charge is 0.306 e. The SMILES string of the molecule is Cc1ccccc1CNCc1nc2ccccc2s1. The van der Waals surface area contributed by atoms with Gasteiger partial charge in [0, 0.05) is 13.1 Å². The Labute approximate surface area is 117 Å². The van der Waals surface area contributed by atoms with Crippen molar-refractivity contribution in [3.8, 4) is 0 Å². The summed E-state index contributed by atoms with van der Waals surface area (Å²) in [7, 11) is 0. The highest BCUT2D eigenvalue weighted by molar-refractivity contribution is 7.18. The molecule has 1 N–H and O–H groups in total. The summed E-state index contributed by atoms with van der Waals surface area (Å²) in [4.78, 5) is 4.62. The first-order valence-electron chi connectivity index (χ1n) is 6.42. The number of nitrogens with one attached hydrogen (secondary N) is 1. The molecular weight excluding hydrogens is 252 g/mol. The molecule has 0 aliphatic rings. The second kappa shape index (κ2) is 5.51. The molecule has 0 aliphatic heterocycles. The fourth-order valence-corrected chi connectivity index (χ4v) is 3.05. The Hall–Kier alpha value is -1.71. The minimum atomic E-state index is 0.827. The molecule has 0 bridgehead atoms. The number of hydrogen-bond donors (Lipinski definition) is 1. The first-order valence-corrected chi connectivity index (χ1v) is 7.24. The van der Waals surface area contributed by atoms with Crippen LogP contribution in [0.5, 0.6) is 0 Å². The van der Waals surface area contributed by atoms with Crippen LogP contribution in [0.2, 0.25) is 0 Å². The molecule has 1 aromatic heterocycles. The number of benzene rings is 2. The van der Waals surface area contributed by atoms with Crippen LogP contribution in [0.1, 0.15) is 16.1 Å². The lowest BCUT2D eigenvalue weighted by Gasteiger charge is -2.05. The minimum Gasteiger partial charge on any atom is -0.306 e. The van der Waals surface area contributed by atoms with E-state index in [2.05, 4.69) is 59.7 Å². The maximum absolute atomic E-state index is 4.62. The van der Waals surface area contributed by atoms with Gasteiger partial charge in [0.2, 0.25) is 0 Å².